The highest BCUT2D eigenvalue weighted by molar-refractivity contribution is 9.10. The molecule has 0 aliphatic heterocycles. The first-order chi connectivity index (χ1) is 10.7. The lowest BCUT2D eigenvalue weighted by Crippen LogP contribution is -2.03. The molecule has 0 aromatic heterocycles. The molecule has 3 aromatic carbocycles. The van der Waals surface area contributed by atoms with Gasteiger partial charge in [0.1, 0.15) is 11.5 Å². The summed E-state index contributed by atoms with van der Waals surface area (Å²) in [5, 5.41) is 0. The van der Waals surface area contributed by atoms with Gasteiger partial charge in [-0.3, -0.25) is 4.79 Å². The SMILES string of the molecule is O=C(c1ccccc1)c1ccccc1Oc1cccc(Br)c1. The van der Waals surface area contributed by atoms with E-state index in [1.807, 2.05) is 54.6 Å². The number of halogens is 1. The number of ketones is 1. The molecule has 22 heavy (non-hydrogen) atoms. The molecule has 0 saturated heterocycles. The van der Waals surface area contributed by atoms with Crippen LogP contribution in [0.3, 0.4) is 0 Å². The summed E-state index contributed by atoms with van der Waals surface area (Å²) in [6.45, 7) is 0. The minimum absolute atomic E-state index is 0.0498. The molecule has 0 unspecified atom stereocenters. The van der Waals surface area contributed by atoms with E-state index in [1.165, 1.54) is 0 Å². The highest BCUT2D eigenvalue weighted by Gasteiger charge is 2.14. The molecule has 3 rings (SSSR count). The van der Waals surface area contributed by atoms with Crippen LogP contribution in [0.5, 0.6) is 11.5 Å². The second kappa shape index (κ2) is 6.58. The maximum absolute atomic E-state index is 12.6. The van der Waals surface area contributed by atoms with Crippen LogP contribution in [0.2, 0.25) is 0 Å². The summed E-state index contributed by atoms with van der Waals surface area (Å²) >= 11 is 3.41. The number of carbonyl (C=O) groups excluding carboxylic acids is 1. The second-order valence-electron chi connectivity index (χ2n) is 4.75. The molecule has 0 heterocycles. The zero-order valence-corrected chi connectivity index (χ0v) is 13.3. The molecule has 108 valence electrons. The van der Waals surface area contributed by atoms with Crippen molar-refractivity contribution in [3.63, 3.8) is 0 Å². The van der Waals surface area contributed by atoms with Gasteiger partial charge in [0.2, 0.25) is 0 Å². The predicted octanol–water partition coefficient (Wildman–Crippen LogP) is 5.47. The average molecular weight is 353 g/mol. The first-order valence-corrected chi connectivity index (χ1v) is 7.65. The summed E-state index contributed by atoms with van der Waals surface area (Å²) in [5.41, 5.74) is 1.20. The number of hydrogen-bond donors (Lipinski definition) is 0. The Morgan fingerprint density at radius 1 is 0.818 bits per heavy atom. The van der Waals surface area contributed by atoms with E-state index in [0.29, 0.717) is 22.6 Å². The van der Waals surface area contributed by atoms with Gasteiger partial charge >= 0.3 is 0 Å². The molecular formula is C19H13BrO2. The van der Waals surface area contributed by atoms with Crippen molar-refractivity contribution in [1.29, 1.82) is 0 Å². The van der Waals surface area contributed by atoms with Gasteiger partial charge < -0.3 is 4.74 Å². The van der Waals surface area contributed by atoms with Crippen LogP contribution in [0, 0.1) is 0 Å². The van der Waals surface area contributed by atoms with Crippen LogP contribution in [0.1, 0.15) is 15.9 Å². The zero-order valence-electron chi connectivity index (χ0n) is 11.7. The van der Waals surface area contributed by atoms with Crippen LogP contribution >= 0.6 is 15.9 Å². The molecule has 0 saturated carbocycles. The van der Waals surface area contributed by atoms with Gasteiger partial charge in [0, 0.05) is 10.0 Å². The molecule has 0 amide bonds. The first-order valence-electron chi connectivity index (χ1n) is 6.86. The van der Waals surface area contributed by atoms with E-state index in [2.05, 4.69) is 15.9 Å². The van der Waals surface area contributed by atoms with Crippen molar-refractivity contribution >= 4 is 21.7 Å². The van der Waals surface area contributed by atoms with Crippen molar-refractivity contribution in [1.82, 2.24) is 0 Å². The van der Waals surface area contributed by atoms with Crippen molar-refractivity contribution in [2.24, 2.45) is 0 Å². The number of rotatable bonds is 4. The highest BCUT2D eigenvalue weighted by atomic mass is 79.9. The fourth-order valence-electron chi connectivity index (χ4n) is 2.15. The Hall–Kier alpha value is -2.39. The monoisotopic (exact) mass is 352 g/mol. The van der Waals surface area contributed by atoms with E-state index in [9.17, 15) is 4.79 Å². The van der Waals surface area contributed by atoms with E-state index in [4.69, 9.17) is 4.74 Å². The summed E-state index contributed by atoms with van der Waals surface area (Å²) in [6.07, 6.45) is 0. The standard InChI is InChI=1S/C19H13BrO2/c20-15-9-6-10-16(13-15)22-18-12-5-4-11-17(18)19(21)14-7-2-1-3-8-14/h1-13H. The molecule has 0 aliphatic rings. The molecule has 3 heteroatoms. The molecule has 0 spiro atoms. The third-order valence-corrected chi connectivity index (χ3v) is 3.68. The molecular weight excluding hydrogens is 340 g/mol. The Balaban J connectivity index is 1.95. The van der Waals surface area contributed by atoms with E-state index < -0.39 is 0 Å². The summed E-state index contributed by atoms with van der Waals surface area (Å²) < 4.78 is 6.81. The summed E-state index contributed by atoms with van der Waals surface area (Å²) in [4.78, 5) is 12.6. The highest BCUT2D eigenvalue weighted by Crippen LogP contribution is 2.28. The van der Waals surface area contributed by atoms with Crippen molar-refractivity contribution in [2.75, 3.05) is 0 Å². The number of ether oxygens (including phenoxy) is 1. The fraction of sp³-hybridized carbons (Fsp3) is 0. The van der Waals surface area contributed by atoms with Gasteiger partial charge in [0.25, 0.3) is 0 Å². The molecule has 0 bridgehead atoms. The number of carbonyl (C=O) groups is 1. The van der Waals surface area contributed by atoms with Crippen LogP contribution in [-0.2, 0) is 0 Å². The zero-order chi connectivity index (χ0) is 15.4. The normalized spacial score (nSPS) is 10.2. The Bertz CT molecular complexity index is 797. The van der Waals surface area contributed by atoms with Gasteiger partial charge in [-0.05, 0) is 30.3 Å². The number of benzene rings is 3. The summed E-state index contributed by atoms with van der Waals surface area (Å²) in [5.74, 6) is 1.18. The molecule has 0 atom stereocenters. The molecule has 0 aliphatic carbocycles. The largest absolute Gasteiger partial charge is 0.457 e. The number of para-hydroxylation sites is 1. The van der Waals surface area contributed by atoms with E-state index >= 15 is 0 Å². The molecule has 0 N–H and O–H groups in total. The predicted molar refractivity (Wildman–Crippen MR) is 90.5 cm³/mol. The van der Waals surface area contributed by atoms with Crippen LogP contribution in [0.15, 0.2) is 83.3 Å². The quantitative estimate of drug-likeness (QED) is 0.581. The van der Waals surface area contributed by atoms with Crippen LogP contribution in [-0.4, -0.2) is 5.78 Å². The minimum Gasteiger partial charge on any atom is -0.457 e. The third kappa shape index (κ3) is 3.26. The van der Waals surface area contributed by atoms with E-state index in [0.717, 1.165) is 4.47 Å². The fourth-order valence-corrected chi connectivity index (χ4v) is 2.52. The van der Waals surface area contributed by atoms with Gasteiger partial charge in [0.15, 0.2) is 5.78 Å². The molecule has 0 fully saturated rings. The molecule has 0 radical (unpaired) electrons. The topological polar surface area (TPSA) is 26.3 Å². The first kappa shape index (κ1) is 14.5. The Kier molecular flexibility index (Phi) is 4.35. The van der Waals surface area contributed by atoms with Crippen molar-refractivity contribution < 1.29 is 9.53 Å². The van der Waals surface area contributed by atoms with Gasteiger partial charge in [-0.2, -0.15) is 0 Å². The average Bonchev–Trinajstić information content (AvgIpc) is 2.56. The van der Waals surface area contributed by atoms with Crippen molar-refractivity contribution in [3.8, 4) is 11.5 Å². The Labute approximate surface area is 137 Å². The third-order valence-electron chi connectivity index (χ3n) is 3.19. The lowest BCUT2D eigenvalue weighted by atomic mass is 10.0. The maximum atomic E-state index is 12.6. The van der Waals surface area contributed by atoms with Gasteiger partial charge in [-0.1, -0.05) is 64.5 Å². The van der Waals surface area contributed by atoms with Gasteiger partial charge in [-0.15, -0.1) is 0 Å². The summed E-state index contributed by atoms with van der Waals surface area (Å²) in [6, 6.07) is 24.0. The Morgan fingerprint density at radius 3 is 2.32 bits per heavy atom. The maximum Gasteiger partial charge on any atom is 0.196 e. The minimum atomic E-state index is -0.0498. The van der Waals surface area contributed by atoms with Crippen molar-refractivity contribution in [2.45, 2.75) is 0 Å². The molecule has 3 aromatic rings. The number of hydrogen-bond acceptors (Lipinski definition) is 2. The smallest absolute Gasteiger partial charge is 0.196 e. The van der Waals surface area contributed by atoms with Gasteiger partial charge in [-0.25, -0.2) is 0 Å². The Morgan fingerprint density at radius 2 is 1.55 bits per heavy atom. The summed E-state index contributed by atoms with van der Waals surface area (Å²) in [7, 11) is 0. The van der Waals surface area contributed by atoms with Crippen LogP contribution in [0.4, 0.5) is 0 Å². The van der Waals surface area contributed by atoms with E-state index in [-0.39, 0.29) is 5.78 Å². The lowest BCUT2D eigenvalue weighted by Gasteiger charge is -2.10. The van der Waals surface area contributed by atoms with E-state index in [1.54, 1.807) is 24.3 Å². The van der Waals surface area contributed by atoms with Crippen LogP contribution in [0.25, 0.3) is 0 Å². The van der Waals surface area contributed by atoms with Crippen LogP contribution < -0.4 is 4.74 Å². The lowest BCUT2D eigenvalue weighted by molar-refractivity contribution is 0.103. The molecule has 2 nitrogen and oxygen atoms in total. The second-order valence-corrected chi connectivity index (χ2v) is 5.67. The van der Waals surface area contributed by atoms with Crippen molar-refractivity contribution in [3.05, 3.63) is 94.5 Å². The van der Waals surface area contributed by atoms with Gasteiger partial charge in [0.05, 0.1) is 5.56 Å².